The maximum Gasteiger partial charge on any atom is 0.251 e. The van der Waals surface area contributed by atoms with Gasteiger partial charge in [0.15, 0.2) is 11.9 Å². The molecule has 2 rings (SSSR count). The highest BCUT2D eigenvalue weighted by Gasteiger charge is 2.38. The average molecular weight is 310 g/mol. The first-order valence-corrected chi connectivity index (χ1v) is 7.89. The first-order chi connectivity index (χ1) is 10.5. The highest BCUT2D eigenvalue weighted by molar-refractivity contribution is 5.92. The maximum absolute atomic E-state index is 12.5. The standard InChI is InChI=1S/C15H26N4O3/c1-11-17-12(10-22-11)15(21)19-9-4-6-13(19)14(20)16-7-5-8-18(2)3/h12-13H,4-10H2,1-3H3,(H,16,20)/t12?,13-/m0/s1. The van der Waals surface area contributed by atoms with E-state index in [9.17, 15) is 9.59 Å². The summed E-state index contributed by atoms with van der Waals surface area (Å²) < 4.78 is 5.24. The maximum atomic E-state index is 12.5. The summed E-state index contributed by atoms with van der Waals surface area (Å²) in [6.07, 6.45) is 2.48. The lowest BCUT2D eigenvalue weighted by Crippen LogP contribution is -2.49. The number of likely N-dealkylation sites (tertiary alicyclic amines) is 1. The Morgan fingerprint density at radius 2 is 2.23 bits per heavy atom. The molecule has 0 bridgehead atoms. The van der Waals surface area contributed by atoms with E-state index in [0.717, 1.165) is 25.8 Å². The van der Waals surface area contributed by atoms with Gasteiger partial charge in [-0.25, -0.2) is 4.99 Å². The van der Waals surface area contributed by atoms with Crippen molar-refractivity contribution < 1.29 is 14.3 Å². The molecule has 1 unspecified atom stereocenters. The van der Waals surface area contributed by atoms with Crippen LogP contribution in [0.2, 0.25) is 0 Å². The molecule has 7 heteroatoms. The summed E-state index contributed by atoms with van der Waals surface area (Å²) in [5.41, 5.74) is 0. The molecule has 2 amide bonds. The quantitative estimate of drug-likeness (QED) is 0.693. The number of nitrogens with zero attached hydrogens (tertiary/aromatic N) is 3. The van der Waals surface area contributed by atoms with Crippen molar-refractivity contribution in [2.24, 2.45) is 4.99 Å². The minimum Gasteiger partial charge on any atom is -0.478 e. The second-order valence-electron chi connectivity index (χ2n) is 6.11. The van der Waals surface area contributed by atoms with E-state index >= 15 is 0 Å². The van der Waals surface area contributed by atoms with Gasteiger partial charge in [-0.15, -0.1) is 0 Å². The lowest BCUT2D eigenvalue weighted by molar-refractivity contribution is -0.139. The van der Waals surface area contributed by atoms with E-state index in [0.29, 0.717) is 25.6 Å². The van der Waals surface area contributed by atoms with Crippen molar-refractivity contribution in [3.05, 3.63) is 0 Å². The molecule has 0 aromatic rings. The number of nitrogens with one attached hydrogen (secondary N) is 1. The Hall–Kier alpha value is -1.63. The second kappa shape index (κ2) is 7.58. The van der Waals surface area contributed by atoms with Crippen LogP contribution in [-0.2, 0) is 14.3 Å². The van der Waals surface area contributed by atoms with E-state index in [1.54, 1.807) is 11.8 Å². The Balaban J connectivity index is 1.84. The molecule has 0 aromatic heterocycles. The molecule has 7 nitrogen and oxygen atoms in total. The third kappa shape index (κ3) is 4.19. The molecule has 1 N–H and O–H groups in total. The number of amides is 2. The van der Waals surface area contributed by atoms with E-state index in [2.05, 4.69) is 15.2 Å². The van der Waals surface area contributed by atoms with Gasteiger partial charge < -0.3 is 19.9 Å². The van der Waals surface area contributed by atoms with Gasteiger partial charge in [0.05, 0.1) is 0 Å². The van der Waals surface area contributed by atoms with Crippen molar-refractivity contribution in [1.29, 1.82) is 0 Å². The van der Waals surface area contributed by atoms with Crippen molar-refractivity contribution >= 4 is 17.7 Å². The summed E-state index contributed by atoms with van der Waals surface area (Å²) >= 11 is 0. The molecule has 2 heterocycles. The molecule has 1 saturated heterocycles. The molecule has 1 fully saturated rings. The highest BCUT2D eigenvalue weighted by Crippen LogP contribution is 2.20. The number of carbonyl (C=O) groups excluding carboxylic acids is 2. The summed E-state index contributed by atoms with van der Waals surface area (Å²) in [6, 6.07) is -0.842. The fourth-order valence-corrected chi connectivity index (χ4v) is 2.84. The Kier molecular flexibility index (Phi) is 5.76. The normalized spacial score (nSPS) is 24.4. The Labute approximate surface area is 131 Å². The Morgan fingerprint density at radius 3 is 2.86 bits per heavy atom. The van der Waals surface area contributed by atoms with Gasteiger partial charge in [-0.05, 0) is 39.9 Å². The van der Waals surface area contributed by atoms with Gasteiger partial charge in [0.2, 0.25) is 5.91 Å². The zero-order valence-electron chi connectivity index (χ0n) is 13.7. The van der Waals surface area contributed by atoms with Gasteiger partial charge in [-0.1, -0.05) is 0 Å². The van der Waals surface area contributed by atoms with Crippen LogP contribution in [0.25, 0.3) is 0 Å². The monoisotopic (exact) mass is 310 g/mol. The number of ether oxygens (including phenoxy) is 1. The first kappa shape index (κ1) is 16.7. The second-order valence-corrected chi connectivity index (χ2v) is 6.11. The van der Waals surface area contributed by atoms with Crippen LogP contribution in [0.15, 0.2) is 4.99 Å². The molecular weight excluding hydrogens is 284 g/mol. The minimum absolute atomic E-state index is 0.0516. The molecule has 0 radical (unpaired) electrons. The van der Waals surface area contributed by atoms with Crippen molar-refractivity contribution in [2.45, 2.75) is 38.3 Å². The van der Waals surface area contributed by atoms with Crippen LogP contribution in [0, 0.1) is 0 Å². The van der Waals surface area contributed by atoms with Crippen LogP contribution in [0.5, 0.6) is 0 Å². The molecule has 2 aliphatic rings. The van der Waals surface area contributed by atoms with Crippen LogP contribution < -0.4 is 5.32 Å². The largest absolute Gasteiger partial charge is 0.478 e. The lowest BCUT2D eigenvalue weighted by atomic mass is 10.2. The average Bonchev–Trinajstić information content (AvgIpc) is 3.11. The topological polar surface area (TPSA) is 74.2 Å². The van der Waals surface area contributed by atoms with Crippen LogP contribution in [0.1, 0.15) is 26.2 Å². The molecule has 2 atom stereocenters. The fourth-order valence-electron chi connectivity index (χ4n) is 2.84. The molecule has 124 valence electrons. The van der Waals surface area contributed by atoms with E-state index in [-0.39, 0.29) is 17.9 Å². The summed E-state index contributed by atoms with van der Waals surface area (Å²) in [5, 5.41) is 2.94. The minimum atomic E-state index is -0.484. The third-order valence-electron chi connectivity index (χ3n) is 3.99. The predicted molar refractivity (Wildman–Crippen MR) is 83.8 cm³/mol. The van der Waals surface area contributed by atoms with Gasteiger partial charge in [0.1, 0.15) is 12.6 Å². The van der Waals surface area contributed by atoms with Crippen molar-refractivity contribution in [1.82, 2.24) is 15.1 Å². The predicted octanol–water partition coefficient (Wildman–Crippen LogP) is -0.137. The third-order valence-corrected chi connectivity index (χ3v) is 3.99. The molecule has 0 aromatic carbocycles. The number of carbonyl (C=O) groups is 2. The Morgan fingerprint density at radius 1 is 1.45 bits per heavy atom. The highest BCUT2D eigenvalue weighted by atomic mass is 16.5. The number of rotatable bonds is 6. The molecule has 0 spiro atoms. The van der Waals surface area contributed by atoms with Crippen LogP contribution in [0.4, 0.5) is 0 Å². The summed E-state index contributed by atoms with van der Waals surface area (Å²) in [4.78, 5) is 32.7. The fraction of sp³-hybridized carbons (Fsp3) is 0.800. The SMILES string of the molecule is CC1=NC(C(=O)N2CCC[C@H]2C(=O)NCCCN(C)C)CO1. The van der Waals surface area contributed by atoms with Crippen LogP contribution in [0.3, 0.4) is 0 Å². The molecule has 0 aliphatic carbocycles. The number of hydrogen-bond donors (Lipinski definition) is 1. The molecule has 2 aliphatic heterocycles. The zero-order valence-corrected chi connectivity index (χ0v) is 13.7. The van der Waals surface area contributed by atoms with E-state index in [1.807, 2.05) is 14.1 Å². The van der Waals surface area contributed by atoms with E-state index in [1.165, 1.54) is 0 Å². The van der Waals surface area contributed by atoms with Gasteiger partial charge in [-0.2, -0.15) is 0 Å². The van der Waals surface area contributed by atoms with Crippen molar-refractivity contribution in [3.8, 4) is 0 Å². The van der Waals surface area contributed by atoms with Crippen LogP contribution >= 0.6 is 0 Å². The number of hydrogen-bond acceptors (Lipinski definition) is 5. The first-order valence-electron chi connectivity index (χ1n) is 7.89. The summed E-state index contributed by atoms with van der Waals surface area (Å²) in [5.74, 6) is 0.397. The van der Waals surface area contributed by atoms with E-state index in [4.69, 9.17) is 4.74 Å². The van der Waals surface area contributed by atoms with Crippen molar-refractivity contribution in [3.63, 3.8) is 0 Å². The van der Waals surface area contributed by atoms with Gasteiger partial charge in [0, 0.05) is 20.0 Å². The van der Waals surface area contributed by atoms with Gasteiger partial charge in [0.25, 0.3) is 5.91 Å². The van der Waals surface area contributed by atoms with Gasteiger partial charge >= 0.3 is 0 Å². The summed E-state index contributed by atoms with van der Waals surface area (Å²) in [7, 11) is 4.01. The molecule has 22 heavy (non-hydrogen) atoms. The van der Waals surface area contributed by atoms with Gasteiger partial charge in [-0.3, -0.25) is 9.59 Å². The van der Waals surface area contributed by atoms with Crippen molar-refractivity contribution in [2.75, 3.05) is 40.3 Å². The molecule has 0 saturated carbocycles. The number of aliphatic imine (C=N–C) groups is 1. The smallest absolute Gasteiger partial charge is 0.251 e. The van der Waals surface area contributed by atoms with Crippen LogP contribution in [-0.4, -0.2) is 79.9 Å². The molecular formula is C15H26N4O3. The lowest BCUT2D eigenvalue weighted by Gasteiger charge is -2.25. The Bertz CT molecular complexity index is 450. The van der Waals surface area contributed by atoms with E-state index < -0.39 is 6.04 Å². The zero-order chi connectivity index (χ0) is 16.1. The summed E-state index contributed by atoms with van der Waals surface area (Å²) in [6.45, 7) is 4.23.